The number of amides is 2. The molecule has 0 aromatic heterocycles. The zero-order chi connectivity index (χ0) is 16.3. The van der Waals surface area contributed by atoms with Crippen LogP contribution in [0.5, 0.6) is 0 Å². The van der Waals surface area contributed by atoms with Gasteiger partial charge in [-0.1, -0.05) is 57.5 Å². The first kappa shape index (κ1) is 16.5. The maximum absolute atomic E-state index is 13.0. The standard InChI is InChI=1S/C18H26N2O2/c1-5-13(3)15-16(21)20(12-14-10-8-7-9-11-14)18(4,6-2)17(22)19-15/h7-11,13,15H,5-6,12H2,1-4H3,(H,19,22). The van der Waals surface area contributed by atoms with E-state index in [2.05, 4.69) is 5.32 Å². The molecule has 1 heterocycles. The molecule has 3 atom stereocenters. The van der Waals surface area contributed by atoms with Gasteiger partial charge in [-0.25, -0.2) is 0 Å². The van der Waals surface area contributed by atoms with Gasteiger partial charge in [-0.3, -0.25) is 9.59 Å². The van der Waals surface area contributed by atoms with E-state index < -0.39 is 11.6 Å². The SMILES string of the molecule is CCC(C)C1NC(=O)C(C)(CC)N(Cc2ccccc2)C1=O. The first-order valence-corrected chi connectivity index (χ1v) is 8.10. The summed E-state index contributed by atoms with van der Waals surface area (Å²) >= 11 is 0. The molecule has 3 unspecified atom stereocenters. The summed E-state index contributed by atoms with van der Waals surface area (Å²) in [7, 11) is 0. The molecule has 1 saturated heterocycles. The molecule has 0 spiro atoms. The topological polar surface area (TPSA) is 49.4 Å². The number of benzene rings is 1. The van der Waals surface area contributed by atoms with E-state index in [0.717, 1.165) is 12.0 Å². The van der Waals surface area contributed by atoms with Crippen LogP contribution in [-0.2, 0) is 16.1 Å². The number of carbonyl (C=O) groups is 2. The van der Waals surface area contributed by atoms with Crippen molar-refractivity contribution in [3.8, 4) is 0 Å². The van der Waals surface area contributed by atoms with Crippen LogP contribution in [0.3, 0.4) is 0 Å². The largest absolute Gasteiger partial charge is 0.342 e. The van der Waals surface area contributed by atoms with Crippen LogP contribution in [-0.4, -0.2) is 28.3 Å². The highest BCUT2D eigenvalue weighted by molar-refractivity contribution is 5.99. The number of rotatable bonds is 5. The average Bonchev–Trinajstić information content (AvgIpc) is 2.55. The van der Waals surface area contributed by atoms with Gasteiger partial charge >= 0.3 is 0 Å². The molecule has 120 valence electrons. The Kier molecular flexibility index (Phi) is 4.89. The monoisotopic (exact) mass is 302 g/mol. The summed E-state index contributed by atoms with van der Waals surface area (Å²) in [6.07, 6.45) is 1.46. The van der Waals surface area contributed by atoms with E-state index >= 15 is 0 Å². The van der Waals surface area contributed by atoms with Crippen LogP contribution in [0.1, 0.15) is 46.1 Å². The van der Waals surface area contributed by atoms with Crippen molar-refractivity contribution in [1.82, 2.24) is 10.2 Å². The fourth-order valence-corrected chi connectivity index (χ4v) is 2.88. The first-order valence-electron chi connectivity index (χ1n) is 8.10. The maximum Gasteiger partial charge on any atom is 0.246 e. The highest BCUT2D eigenvalue weighted by atomic mass is 16.2. The van der Waals surface area contributed by atoms with Crippen molar-refractivity contribution in [2.75, 3.05) is 0 Å². The Hall–Kier alpha value is -1.84. The molecule has 22 heavy (non-hydrogen) atoms. The van der Waals surface area contributed by atoms with Crippen LogP contribution >= 0.6 is 0 Å². The van der Waals surface area contributed by atoms with Gasteiger partial charge in [0.15, 0.2) is 0 Å². The second kappa shape index (κ2) is 6.51. The normalized spacial score (nSPS) is 26.7. The van der Waals surface area contributed by atoms with Crippen LogP contribution < -0.4 is 5.32 Å². The number of carbonyl (C=O) groups excluding carboxylic acids is 2. The molecule has 2 amide bonds. The molecule has 1 fully saturated rings. The van der Waals surface area contributed by atoms with Gasteiger partial charge in [0.2, 0.25) is 11.8 Å². The summed E-state index contributed by atoms with van der Waals surface area (Å²) in [5.41, 5.74) is 0.268. The van der Waals surface area contributed by atoms with E-state index in [1.54, 1.807) is 4.90 Å². The lowest BCUT2D eigenvalue weighted by Gasteiger charge is -2.47. The molecule has 1 aromatic rings. The second-order valence-corrected chi connectivity index (χ2v) is 6.37. The van der Waals surface area contributed by atoms with Crippen LogP contribution in [0.4, 0.5) is 0 Å². The van der Waals surface area contributed by atoms with Gasteiger partial charge in [0.1, 0.15) is 11.6 Å². The third-order valence-electron chi connectivity index (χ3n) is 4.99. The molecule has 0 saturated carbocycles. The van der Waals surface area contributed by atoms with E-state index in [1.807, 2.05) is 58.0 Å². The fraction of sp³-hybridized carbons (Fsp3) is 0.556. The number of nitrogens with one attached hydrogen (secondary N) is 1. The Morgan fingerprint density at radius 1 is 1.23 bits per heavy atom. The molecule has 0 bridgehead atoms. The number of nitrogens with zero attached hydrogens (tertiary/aromatic N) is 1. The minimum atomic E-state index is -0.781. The van der Waals surface area contributed by atoms with Crippen LogP contribution in [0.25, 0.3) is 0 Å². The second-order valence-electron chi connectivity index (χ2n) is 6.37. The molecular formula is C18H26N2O2. The lowest BCUT2D eigenvalue weighted by Crippen LogP contribution is -2.70. The third-order valence-corrected chi connectivity index (χ3v) is 4.99. The predicted octanol–water partition coefficient (Wildman–Crippen LogP) is 2.73. The summed E-state index contributed by atoms with van der Waals surface area (Å²) < 4.78 is 0. The molecule has 1 aliphatic rings. The molecule has 1 aliphatic heterocycles. The van der Waals surface area contributed by atoms with Gasteiger partial charge in [-0.2, -0.15) is 0 Å². The van der Waals surface area contributed by atoms with Gasteiger partial charge in [-0.15, -0.1) is 0 Å². The van der Waals surface area contributed by atoms with Crippen molar-refractivity contribution in [3.05, 3.63) is 35.9 Å². The van der Waals surface area contributed by atoms with Crippen molar-refractivity contribution < 1.29 is 9.59 Å². The minimum Gasteiger partial charge on any atom is -0.342 e. The van der Waals surface area contributed by atoms with Gasteiger partial charge in [0.05, 0.1) is 0 Å². The number of hydrogen-bond acceptors (Lipinski definition) is 2. The number of piperazine rings is 1. The summed E-state index contributed by atoms with van der Waals surface area (Å²) in [5, 5.41) is 2.94. The van der Waals surface area contributed by atoms with Crippen LogP contribution in [0.15, 0.2) is 30.3 Å². The highest BCUT2D eigenvalue weighted by Gasteiger charge is 2.49. The summed E-state index contributed by atoms with van der Waals surface area (Å²) in [5.74, 6) is 0.120. The third kappa shape index (κ3) is 2.87. The average molecular weight is 302 g/mol. The molecule has 4 nitrogen and oxygen atoms in total. The van der Waals surface area contributed by atoms with E-state index in [1.165, 1.54) is 0 Å². The quantitative estimate of drug-likeness (QED) is 0.909. The molecule has 0 radical (unpaired) electrons. The maximum atomic E-state index is 13.0. The molecular weight excluding hydrogens is 276 g/mol. The summed E-state index contributed by atoms with van der Waals surface area (Å²) in [6, 6.07) is 9.44. The Morgan fingerprint density at radius 3 is 2.41 bits per heavy atom. The van der Waals surface area contributed by atoms with Crippen LogP contribution in [0, 0.1) is 5.92 Å². The van der Waals surface area contributed by atoms with Gasteiger partial charge in [0, 0.05) is 6.54 Å². The Labute approximate surface area is 132 Å². The lowest BCUT2D eigenvalue weighted by molar-refractivity contribution is -0.159. The molecule has 4 heteroatoms. The minimum absolute atomic E-state index is 0.0298. The Bertz CT molecular complexity index is 543. The predicted molar refractivity (Wildman–Crippen MR) is 87.1 cm³/mol. The van der Waals surface area contributed by atoms with Crippen molar-refractivity contribution in [2.45, 2.75) is 58.7 Å². The first-order chi connectivity index (χ1) is 10.4. The van der Waals surface area contributed by atoms with Gasteiger partial charge in [0.25, 0.3) is 0 Å². The van der Waals surface area contributed by atoms with E-state index in [9.17, 15) is 9.59 Å². The fourth-order valence-electron chi connectivity index (χ4n) is 2.88. The smallest absolute Gasteiger partial charge is 0.246 e. The number of hydrogen-bond donors (Lipinski definition) is 1. The highest BCUT2D eigenvalue weighted by Crippen LogP contribution is 2.29. The van der Waals surface area contributed by atoms with E-state index in [-0.39, 0.29) is 17.7 Å². The molecule has 1 aromatic carbocycles. The Balaban J connectivity index is 2.34. The van der Waals surface area contributed by atoms with Crippen molar-refractivity contribution >= 4 is 11.8 Å². The summed E-state index contributed by atoms with van der Waals surface area (Å²) in [4.78, 5) is 27.3. The van der Waals surface area contributed by atoms with E-state index in [4.69, 9.17) is 0 Å². The molecule has 1 N–H and O–H groups in total. The van der Waals surface area contributed by atoms with Crippen molar-refractivity contribution in [2.24, 2.45) is 5.92 Å². The van der Waals surface area contributed by atoms with Gasteiger partial charge < -0.3 is 10.2 Å². The molecule has 0 aliphatic carbocycles. The van der Waals surface area contributed by atoms with Crippen LogP contribution in [0.2, 0.25) is 0 Å². The van der Waals surface area contributed by atoms with Gasteiger partial charge in [-0.05, 0) is 24.8 Å². The zero-order valence-corrected chi connectivity index (χ0v) is 13.9. The van der Waals surface area contributed by atoms with Crippen molar-refractivity contribution in [1.29, 1.82) is 0 Å². The Morgan fingerprint density at radius 2 is 1.86 bits per heavy atom. The zero-order valence-electron chi connectivity index (χ0n) is 13.9. The van der Waals surface area contributed by atoms with E-state index in [0.29, 0.717) is 13.0 Å². The van der Waals surface area contributed by atoms with Crippen molar-refractivity contribution in [3.63, 3.8) is 0 Å². The lowest BCUT2D eigenvalue weighted by atomic mass is 9.86. The molecule has 2 rings (SSSR count). The summed E-state index contributed by atoms with van der Waals surface area (Å²) in [6.45, 7) is 8.34.